The Hall–Kier alpha value is -3.00. The topological polar surface area (TPSA) is 112 Å². The molecule has 2 aromatic rings. The van der Waals surface area contributed by atoms with Gasteiger partial charge in [-0.3, -0.25) is 24.6 Å². The lowest BCUT2D eigenvalue weighted by Crippen LogP contribution is -2.30. The number of H-pyrrole nitrogens is 2. The Balaban J connectivity index is 2.74. The van der Waals surface area contributed by atoms with Crippen molar-refractivity contribution < 1.29 is 4.92 Å². The molecule has 0 aliphatic rings. The van der Waals surface area contributed by atoms with Crippen LogP contribution in [0.15, 0.2) is 41.0 Å². The van der Waals surface area contributed by atoms with Gasteiger partial charge in [0.25, 0.3) is 5.69 Å². The Morgan fingerprint density at radius 2 is 1.79 bits per heavy atom. The van der Waals surface area contributed by atoms with Crippen molar-refractivity contribution in [3.05, 3.63) is 73.3 Å². The predicted molar refractivity (Wildman–Crippen MR) is 92.3 cm³/mol. The van der Waals surface area contributed by atoms with Crippen molar-refractivity contribution >= 4 is 16.7 Å². The van der Waals surface area contributed by atoms with Gasteiger partial charge in [0.2, 0.25) is 0 Å². The third-order valence-corrected chi connectivity index (χ3v) is 3.74. The average Bonchev–Trinajstić information content (AvgIpc) is 2.52. The fourth-order valence-corrected chi connectivity index (χ4v) is 2.59. The normalized spacial score (nSPS) is 10.9. The summed E-state index contributed by atoms with van der Waals surface area (Å²) in [5.41, 5.74) is -0.122. The van der Waals surface area contributed by atoms with Gasteiger partial charge < -0.3 is 9.97 Å². The van der Waals surface area contributed by atoms with Gasteiger partial charge in [0, 0.05) is 36.8 Å². The number of rotatable bonds is 7. The summed E-state index contributed by atoms with van der Waals surface area (Å²) in [5, 5.41) is 11.3. The number of fused-ring (bicyclic) bond motifs is 1. The van der Waals surface area contributed by atoms with Crippen LogP contribution in [0.2, 0.25) is 0 Å². The van der Waals surface area contributed by atoms with Crippen molar-refractivity contribution in [3.63, 3.8) is 0 Å². The molecular formula is C16H18N4O4. The van der Waals surface area contributed by atoms with Crippen molar-refractivity contribution in [2.45, 2.75) is 13.5 Å². The van der Waals surface area contributed by atoms with E-state index in [1.165, 1.54) is 6.07 Å². The minimum Gasteiger partial charge on any atom is -0.316 e. The van der Waals surface area contributed by atoms with Crippen LogP contribution in [0, 0.1) is 17.0 Å². The highest BCUT2D eigenvalue weighted by Gasteiger charge is 2.20. The smallest absolute Gasteiger partial charge is 0.314 e. The van der Waals surface area contributed by atoms with Crippen LogP contribution in [0.3, 0.4) is 0 Å². The van der Waals surface area contributed by atoms with Crippen LogP contribution >= 0.6 is 0 Å². The van der Waals surface area contributed by atoms with Crippen molar-refractivity contribution in [1.82, 2.24) is 14.9 Å². The molecule has 2 N–H and O–H groups in total. The van der Waals surface area contributed by atoms with Gasteiger partial charge in [-0.05, 0) is 6.92 Å². The van der Waals surface area contributed by atoms with Gasteiger partial charge in [-0.15, -0.1) is 13.2 Å². The van der Waals surface area contributed by atoms with E-state index in [0.717, 1.165) is 0 Å². The molecule has 0 aliphatic carbocycles. The second kappa shape index (κ2) is 7.05. The Kier molecular flexibility index (Phi) is 5.10. The molecule has 1 heterocycles. The molecule has 126 valence electrons. The molecule has 0 atom stereocenters. The number of nitro groups is 1. The molecule has 0 fully saturated rings. The quantitative estimate of drug-likeness (QED) is 0.347. The van der Waals surface area contributed by atoms with Crippen molar-refractivity contribution in [2.24, 2.45) is 0 Å². The molecule has 0 saturated heterocycles. The van der Waals surface area contributed by atoms with E-state index in [1.54, 1.807) is 19.1 Å². The van der Waals surface area contributed by atoms with E-state index in [1.807, 2.05) is 4.90 Å². The summed E-state index contributed by atoms with van der Waals surface area (Å²) in [5.74, 6) is 0. The van der Waals surface area contributed by atoms with E-state index >= 15 is 0 Å². The maximum absolute atomic E-state index is 11.7. The van der Waals surface area contributed by atoms with Gasteiger partial charge >= 0.3 is 11.1 Å². The molecule has 0 bridgehead atoms. The highest BCUT2D eigenvalue weighted by molar-refractivity contribution is 5.82. The Morgan fingerprint density at radius 3 is 2.33 bits per heavy atom. The highest BCUT2D eigenvalue weighted by atomic mass is 16.6. The summed E-state index contributed by atoms with van der Waals surface area (Å²) in [6.07, 6.45) is 3.42. The summed E-state index contributed by atoms with van der Waals surface area (Å²) < 4.78 is 0. The largest absolute Gasteiger partial charge is 0.316 e. The van der Waals surface area contributed by atoms with Crippen LogP contribution in [0.5, 0.6) is 0 Å². The monoisotopic (exact) mass is 330 g/mol. The number of aromatic nitrogens is 2. The van der Waals surface area contributed by atoms with E-state index in [-0.39, 0.29) is 11.2 Å². The molecular weight excluding hydrogens is 312 g/mol. The zero-order chi connectivity index (χ0) is 17.9. The maximum atomic E-state index is 11.7. The molecule has 0 spiro atoms. The minimum absolute atomic E-state index is 0.114. The fourth-order valence-electron chi connectivity index (χ4n) is 2.59. The van der Waals surface area contributed by atoms with Crippen molar-refractivity contribution in [1.29, 1.82) is 0 Å². The predicted octanol–water partition coefficient (Wildman–Crippen LogP) is 1.61. The van der Waals surface area contributed by atoms with Crippen LogP contribution in [0.1, 0.15) is 11.1 Å². The molecule has 1 aromatic carbocycles. The molecule has 8 heteroatoms. The molecule has 0 radical (unpaired) electrons. The van der Waals surface area contributed by atoms with E-state index < -0.39 is 16.0 Å². The molecule has 1 aromatic heterocycles. The van der Waals surface area contributed by atoms with Crippen LogP contribution in [-0.4, -0.2) is 32.9 Å². The van der Waals surface area contributed by atoms with Gasteiger partial charge in [0.05, 0.1) is 16.0 Å². The minimum atomic E-state index is -0.847. The van der Waals surface area contributed by atoms with Crippen molar-refractivity contribution in [3.8, 4) is 0 Å². The summed E-state index contributed by atoms with van der Waals surface area (Å²) >= 11 is 0. The summed E-state index contributed by atoms with van der Waals surface area (Å²) in [6, 6.07) is 1.26. The zero-order valence-corrected chi connectivity index (χ0v) is 13.3. The second-order valence-corrected chi connectivity index (χ2v) is 5.36. The number of nitro benzene ring substituents is 1. The number of hydrogen-bond acceptors (Lipinski definition) is 5. The fraction of sp³-hybridized carbons (Fsp3) is 0.250. The Labute approximate surface area is 137 Å². The SMILES string of the molecule is C=CCN(CC=C)Cc1c(C)c([N+](=O)[O-])cc2[nH]c(=O)c(=O)[nH]c12. The number of benzene rings is 1. The van der Waals surface area contributed by atoms with Crippen LogP contribution in [0.25, 0.3) is 11.0 Å². The molecule has 24 heavy (non-hydrogen) atoms. The third kappa shape index (κ3) is 3.33. The Morgan fingerprint density at radius 1 is 1.21 bits per heavy atom. The number of aromatic amines is 2. The molecule has 0 amide bonds. The number of nitrogens with one attached hydrogen (secondary N) is 2. The maximum Gasteiger partial charge on any atom is 0.314 e. The van der Waals surface area contributed by atoms with Gasteiger partial charge in [0.1, 0.15) is 0 Å². The first-order valence-corrected chi connectivity index (χ1v) is 7.26. The first-order chi connectivity index (χ1) is 11.4. The van der Waals surface area contributed by atoms with E-state index in [2.05, 4.69) is 23.1 Å². The van der Waals surface area contributed by atoms with Gasteiger partial charge in [-0.25, -0.2) is 0 Å². The van der Waals surface area contributed by atoms with Crippen LogP contribution in [0.4, 0.5) is 5.69 Å². The lowest BCUT2D eigenvalue weighted by Gasteiger charge is -2.21. The second-order valence-electron chi connectivity index (χ2n) is 5.36. The molecule has 2 rings (SSSR count). The van der Waals surface area contributed by atoms with Crippen molar-refractivity contribution in [2.75, 3.05) is 13.1 Å². The molecule has 0 aliphatic heterocycles. The van der Waals surface area contributed by atoms with Gasteiger partial charge in [0.15, 0.2) is 0 Å². The van der Waals surface area contributed by atoms with E-state index in [0.29, 0.717) is 36.3 Å². The van der Waals surface area contributed by atoms with E-state index in [9.17, 15) is 19.7 Å². The molecule has 0 unspecified atom stereocenters. The summed E-state index contributed by atoms with van der Waals surface area (Å²) in [4.78, 5) is 40.9. The number of hydrogen-bond donors (Lipinski definition) is 2. The Bertz CT molecular complexity index is 916. The summed E-state index contributed by atoms with van der Waals surface area (Å²) in [6.45, 7) is 10.4. The van der Waals surface area contributed by atoms with Crippen LogP contribution in [-0.2, 0) is 6.54 Å². The number of nitrogens with zero attached hydrogens (tertiary/aromatic N) is 2. The highest BCUT2D eigenvalue weighted by Crippen LogP contribution is 2.28. The third-order valence-electron chi connectivity index (χ3n) is 3.74. The molecule has 0 saturated carbocycles. The first-order valence-electron chi connectivity index (χ1n) is 7.26. The average molecular weight is 330 g/mol. The van der Waals surface area contributed by atoms with Crippen LogP contribution < -0.4 is 11.1 Å². The standard InChI is InChI=1S/C16H18N4O4/c1-4-6-19(7-5-2)9-11-10(3)13(20(23)24)8-12-14(11)18-16(22)15(21)17-12/h4-5,8H,1-2,6-7,9H2,3H3,(H,17,21)(H,18,22). The summed E-state index contributed by atoms with van der Waals surface area (Å²) in [7, 11) is 0. The van der Waals surface area contributed by atoms with Gasteiger partial charge in [-0.1, -0.05) is 12.2 Å². The lowest BCUT2D eigenvalue weighted by molar-refractivity contribution is -0.385. The first kappa shape index (κ1) is 17.4. The van der Waals surface area contributed by atoms with E-state index in [4.69, 9.17) is 0 Å². The molecule has 8 nitrogen and oxygen atoms in total. The van der Waals surface area contributed by atoms with Gasteiger partial charge in [-0.2, -0.15) is 0 Å². The zero-order valence-electron chi connectivity index (χ0n) is 13.3. The lowest BCUT2D eigenvalue weighted by atomic mass is 10.0.